The van der Waals surface area contributed by atoms with Crippen LogP contribution in [0.4, 0.5) is 0 Å². The highest BCUT2D eigenvalue weighted by Crippen LogP contribution is 2.28. The van der Waals surface area contributed by atoms with E-state index in [1.165, 1.54) is 11.8 Å². The number of hydrazone groups is 1. The van der Waals surface area contributed by atoms with E-state index in [1.54, 1.807) is 42.9 Å². The number of carbonyl (C=O) groups excluding carboxylic acids is 1. The minimum Gasteiger partial charge on any atom is -0.272 e. The highest BCUT2D eigenvalue weighted by Gasteiger charge is 2.17. The summed E-state index contributed by atoms with van der Waals surface area (Å²) in [4.78, 5) is 16.3. The minimum absolute atomic E-state index is 0.111. The predicted molar refractivity (Wildman–Crippen MR) is 128 cm³/mol. The smallest absolute Gasteiger partial charge is 0.250 e. The van der Waals surface area contributed by atoms with Gasteiger partial charge in [-0.1, -0.05) is 47.1 Å². The maximum atomic E-state index is 12.3. The average Bonchev–Trinajstić information content (AvgIpc) is 3.24. The molecule has 0 unspecified atom stereocenters. The fraction of sp³-hybridized carbons (Fsp3) is 0.0455. The van der Waals surface area contributed by atoms with E-state index >= 15 is 0 Å². The van der Waals surface area contributed by atoms with Crippen molar-refractivity contribution in [2.75, 3.05) is 5.75 Å². The summed E-state index contributed by atoms with van der Waals surface area (Å²) in [5, 5.41) is 14.4. The van der Waals surface area contributed by atoms with E-state index in [2.05, 4.69) is 25.7 Å². The number of aromatic nitrogens is 4. The van der Waals surface area contributed by atoms with Crippen LogP contribution in [0.5, 0.6) is 0 Å². The molecule has 2 heterocycles. The highest BCUT2D eigenvalue weighted by molar-refractivity contribution is 7.99. The van der Waals surface area contributed by atoms with Crippen LogP contribution in [0.1, 0.15) is 5.56 Å². The van der Waals surface area contributed by atoms with Gasteiger partial charge in [-0.25, -0.2) is 5.43 Å². The molecule has 1 amide bonds. The number of hydrogen-bond donors (Lipinski definition) is 1. The van der Waals surface area contributed by atoms with E-state index in [0.29, 0.717) is 21.0 Å². The van der Waals surface area contributed by atoms with Crippen molar-refractivity contribution >= 4 is 47.1 Å². The number of pyridine rings is 1. The predicted octanol–water partition coefficient (Wildman–Crippen LogP) is 4.88. The zero-order valence-corrected chi connectivity index (χ0v) is 18.8. The lowest BCUT2D eigenvalue weighted by Gasteiger charge is -2.10. The molecule has 7 nitrogen and oxygen atoms in total. The molecule has 4 aromatic rings. The van der Waals surface area contributed by atoms with Gasteiger partial charge >= 0.3 is 0 Å². The molecule has 0 aliphatic carbocycles. The second-order valence-electron chi connectivity index (χ2n) is 6.49. The molecule has 2 aromatic heterocycles. The molecule has 160 valence electrons. The van der Waals surface area contributed by atoms with E-state index in [0.717, 1.165) is 16.8 Å². The van der Waals surface area contributed by atoms with Crippen LogP contribution < -0.4 is 5.43 Å². The van der Waals surface area contributed by atoms with Crippen LogP contribution in [0.2, 0.25) is 10.0 Å². The molecule has 0 bridgehead atoms. The zero-order valence-electron chi connectivity index (χ0n) is 16.5. The summed E-state index contributed by atoms with van der Waals surface area (Å²) in [5.41, 5.74) is 5.02. The van der Waals surface area contributed by atoms with Gasteiger partial charge < -0.3 is 0 Å². The molecule has 2 aromatic carbocycles. The van der Waals surface area contributed by atoms with Crippen molar-refractivity contribution in [3.05, 3.63) is 88.7 Å². The third-order valence-electron chi connectivity index (χ3n) is 4.26. The third kappa shape index (κ3) is 5.53. The number of nitrogens with one attached hydrogen (secondary N) is 1. The van der Waals surface area contributed by atoms with Crippen molar-refractivity contribution < 1.29 is 4.79 Å². The van der Waals surface area contributed by atoms with Gasteiger partial charge in [0.1, 0.15) is 0 Å². The summed E-state index contributed by atoms with van der Waals surface area (Å²) in [6.07, 6.45) is 4.93. The molecular formula is C22H16Cl2N6OS. The highest BCUT2D eigenvalue weighted by atomic mass is 35.5. The van der Waals surface area contributed by atoms with Crippen molar-refractivity contribution in [1.29, 1.82) is 0 Å². The largest absolute Gasteiger partial charge is 0.272 e. The first-order valence-corrected chi connectivity index (χ1v) is 11.2. The molecule has 4 rings (SSSR count). The SMILES string of the molecule is O=C(CSc1nnc(-c2ccncc2)n1-c1ccc(Cl)cc1)N/N=C\c1ccc(Cl)cc1. The monoisotopic (exact) mass is 482 g/mol. The van der Waals surface area contributed by atoms with E-state index in [-0.39, 0.29) is 11.7 Å². The molecule has 0 atom stereocenters. The molecule has 0 aliphatic rings. The summed E-state index contributed by atoms with van der Waals surface area (Å²) in [6.45, 7) is 0. The molecular weight excluding hydrogens is 467 g/mol. The van der Waals surface area contributed by atoms with Crippen molar-refractivity contribution in [2.24, 2.45) is 5.10 Å². The number of benzene rings is 2. The molecule has 10 heteroatoms. The van der Waals surface area contributed by atoms with Crippen LogP contribution in [0.3, 0.4) is 0 Å². The summed E-state index contributed by atoms with van der Waals surface area (Å²) in [6, 6.07) is 18.2. The Morgan fingerprint density at radius 1 is 0.969 bits per heavy atom. The Labute approximate surface area is 198 Å². The first-order chi connectivity index (χ1) is 15.6. The van der Waals surface area contributed by atoms with E-state index in [9.17, 15) is 4.79 Å². The van der Waals surface area contributed by atoms with Crippen molar-refractivity contribution in [1.82, 2.24) is 25.2 Å². The van der Waals surface area contributed by atoms with Crippen LogP contribution in [0.15, 0.2) is 83.3 Å². The Bertz CT molecular complexity index is 1230. The van der Waals surface area contributed by atoms with Gasteiger partial charge in [0.2, 0.25) is 0 Å². The van der Waals surface area contributed by atoms with Crippen LogP contribution in [-0.4, -0.2) is 37.6 Å². The van der Waals surface area contributed by atoms with E-state index in [4.69, 9.17) is 23.2 Å². The second-order valence-corrected chi connectivity index (χ2v) is 8.30. The fourth-order valence-electron chi connectivity index (χ4n) is 2.76. The van der Waals surface area contributed by atoms with Crippen molar-refractivity contribution in [2.45, 2.75) is 5.16 Å². The lowest BCUT2D eigenvalue weighted by atomic mass is 10.2. The van der Waals surface area contributed by atoms with Gasteiger partial charge in [0, 0.05) is 33.7 Å². The van der Waals surface area contributed by atoms with Gasteiger partial charge in [0.25, 0.3) is 5.91 Å². The van der Waals surface area contributed by atoms with E-state index < -0.39 is 0 Å². The van der Waals surface area contributed by atoms with Gasteiger partial charge in [-0.2, -0.15) is 5.10 Å². The van der Waals surface area contributed by atoms with Crippen LogP contribution in [0.25, 0.3) is 17.1 Å². The molecule has 0 aliphatic heterocycles. The number of halogens is 2. The molecule has 32 heavy (non-hydrogen) atoms. The van der Waals surface area contributed by atoms with Crippen LogP contribution in [-0.2, 0) is 4.79 Å². The molecule has 1 N–H and O–H groups in total. The Morgan fingerprint density at radius 2 is 1.62 bits per heavy atom. The second kappa shape index (κ2) is 10.4. The number of nitrogens with zero attached hydrogens (tertiary/aromatic N) is 5. The Kier molecular flexibility index (Phi) is 7.16. The van der Waals surface area contributed by atoms with Crippen LogP contribution >= 0.6 is 35.0 Å². The van der Waals surface area contributed by atoms with E-state index in [1.807, 2.05) is 41.0 Å². The summed E-state index contributed by atoms with van der Waals surface area (Å²) in [5.74, 6) is 0.481. The van der Waals surface area contributed by atoms with Crippen molar-refractivity contribution in [3.63, 3.8) is 0 Å². The van der Waals surface area contributed by atoms with Gasteiger partial charge in [-0.15, -0.1) is 10.2 Å². The topological polar surface area (TPSA) is 85.1 Å². The van der Waals surface area contributed by atoms with Gasteiger partial charge in [0.05, 0.1) is 12.0 Å². The number of carbonyl (C=O) groups is 1. The molecule has 0 saturated carbocycles. The number of amides is 1. The number of thioether (sulfide) groups is 1. The zero-order chi connectivity index (χ0) is 22.3. The fourth-order valence-corrected chi connectivity index (χ4v) is 3.76. The Morgan fingerprint density at radius 3 is 2.31 bits per heavy atom. The Balaban J connectivity index is 1.49. The number of rotatable bonds is 7. The van der Waals surface area contributed by atoms with Gasteiger partial charge in [0.15, 0.2) is 11.0 Å². The minimum atomic E-state index is -0.267. The van der Waals surface area contributed by atoms with Gasteiger partial charge in [-0.3, -0.25) is 14.3 Å². The maximum absolute atomic E-state index is 12.3. The quantitative estimate of drug-likeness (QED) is 0.230. The Hall–Kier alpha value is -3.20. The molecule has 0 spiro atoms. The maximum Gasteiger partial charge on any atom is 0.250 e. The normalized spacial score (nSPS) is 11.1. The summed E-state index contributed by atoms with van der Waals surface area (Å²) < 4.78 is 1.88. The standard InChI is InChI=1S/C22H16Cl2N6OS/c23-17-3-1-15(2-4-17)13-26-27-20(31)14-32-22-29-28-21(16-9-11-25-12-10-16)30(22)19-7-5-18(24)6-8-19/h1-13H,14H2,(H,27,31)/b26-13-. The lowest BCUT2D eigenvalue weighted by molar-refractivity contribution is -0.118. The number of hydrogen-bond acceptors (Lipinski definition) is 6. The first-order valence-electron chi connectivity index (χ1n) is 9.42. The third-order valence-corrected chi connectivity index (χ3v) is 5.69. The van der Waals surface area contributed by atoms with Crippen LogP contribution in [0, 0.1) is 0 Å². The average molecular weight is 483 g/mol. The molecule has 0 fully saturated rings. The van der Waals surface area contributed by atoms with Gasteiger partial charge in [-0.05, 0) is 54.1 Å². The molecule has 0 saturated heterocycles. The lowest BCUT2D eigenvalue weighted by Crippen LogP contribution is -2.20. The molecule has 0 radical (unpaired) electrons. The summed E-state index contributed by atoms with van der Waals surface area (Å²) >= 11 is 13.2. The first kappa shape index (κ1) is 22.0. The summed E-state index contributed by atoms with van der Waals surface area (Å²) in [7, 11) is 0. The van der Waals surface area contributed by atoms with Crippen molar-refractivity contribution in [3.8, 4) is 17.1 Å².